The molecule has 31 heavy (non-hydrogen) atoms. The summed E-state index contributed by atoms with van der Waals surface area (Å²) in [4.78, 5) is 30.5. The highest BCUT2D eigenvalue weighted by atomic mass is 19.1. The van der Waals surface area contributed by atoms with Crippen molar-refractivity contribution in [2.24, 2.45) is 39.5 Å². The van der Waals surface area contributed by atoms with Gasteiger partial charge in [0.2, 0.25) is 0 Å². The van der Waals surface area contributed by atoms with Crippen molar-refractivity contribution in [2.75, 3.05) is 19.8 Å². The van der Waals surface area contributed by atoms with Gasteiger partial charge in [-0.1, -0.05) is 6.92 Å². The van der Waals surface area contributed by atoms with Gasteiger partial charge in [0.1, 0.15) is 6.73 Å². The van der Waals surface area contributed by atoms with Crippen molar-refractivity contribution in [1.82, 2.24) is 5.32 Å². The van der Waals surface area contributed by atoms with Gasteiger partial charge >= 0.3 is 0 Å². The van der Waals surface area contributed by atoms with Crippen molar-refractivity contribution in [2.45, 2.75) is 77.2 Å². The smallest absolute Gasteiger partial charge is 0.176 e. The summed E-state index contributed by atoms with van der Waals surface area (Å²) in [6.45, 7) is 5.87. The molecule has 0 radical (unpaired) electrons. The number of halogens is 2. The zero-order valence-corrected chi connectivity index (χ0v) is 18.5. The molecule has 5 rings (SSSR count). The molecule has 7 unspecified atom stereocenters. The van der Waals surface area contributed by atoms with Gasteiger partial charge in [0.25, 0.3) is 0 Å². The van der Waals surface area contributed by atoms with Crippen molar-refractivity contribution < 1.29 is 23.1 Å². The molecule has 0 bridgehead atoms. The summed E-state index contributed by atoms with van der Waals surface area (Å²) in [5.74, 6) is -1.75. The first-order chi connectivity index (χ1) is 14.8. The van der Waals surface area contributed by atoms with E-state index in [4.69, 9.17) is 9.73 Å². The molecule has 5 fully saturated rings. The number of alkyl halides is 2. The lowest BCUT2D eigenvalue weighted by molar-refractivity contribution is -0.169. The Morgan fingerprint density at radius 2 is 2.00 bits per heavy atom. The van der Waals surface area contributed by atoms with E-state index in [1.807, 2.05) is 0 Å². The van der Waals surface area contributed by atoms with E-state index in [1.165, 1.54) is 6.92 Å². The molecule has 5 aliphatic rings. The molecule has 172 valence electrons. The Kier molecular flexibility index (Phi) is 5.36. The largest absolute Gasteiger partial charge is 0.355 e. The van der Waals surface area contributed by atoms with Crippen LogP contribution in [0.15, 0.2) is 4.99 Å². The van der Waals surface area contributed by atoms with E-state index in [2.05, 4.69) is 12.2 Å². The summed E-state index contributed by atoms with van der Waals surface area (Å²) in [6.07, 6.45) is 1.90. The molecule has 0 aromatic heterocycles. The minimum Gasteiger partial charge on any atom is -0.355 e. The summed E-state index contributed by atoms with van der Waals surface area (Å²) in [7, 11) is 0. The van der Waals surface area contributed by atoms with E-state index in [0.29, 0.717) is 6.73 Å². The molecule has 1 aliphatic heterocycles. The number of hydrogen-bond acceptors (Lipinski definition) is 5. The molecule has 7 heteroatoms. The van der Waals surface area contributed by atoms with Gasteiger partial charge < -0.3 is 10.1 Å². The number of ketones is 2. The summed E-state index contributed by atoms with van der Waals surface area (Å²) >= 11 is 0. The summed E-state index contributed by atoms with van der Waals surface area (Å²) in [6, 6.07) is 0. The van der Waals surface area contributed by atoms with Crippen LogP contribution < -0.4 is 5.32 Å². The van der Waals surface area contributed by atoms with Crippen LogP contribution in [0.2, 0.25) is 0 Å². The van der Waals surface area contributed by atoms with Gasteiger partial charge in [-0.25, -0.2) is 8.78 Å². The van der Waals surface area contributed by atoms with Crippen LogP contribution in [-0.2, 0) is 14.3 Å². The molecule has 1 saturated heterocycles. The zero-order chi connectivity index (χ0) is 22.0. The third-order valence-electron chi connectivity index (χ3n) is 9.61. The number of ether oxygens (including phenoxy) is 1. The lowest BCUT2D eigenvalue weighted by Crippen LogP contribution is -2.62. The molecular formula is C24H34F2N2O3. The fourth-order valence-corrected chi connectivity index (χ4v) is 7.73. The number of aliphatic imine (C=N–C) groups is 1. The third kappa shape index (κ3) is 3.17. The van der Waals surface area contributed by atoms with Gasteiger partial charge in [-0.3, -0.25) is 14.6 Å². The Bertz CT molecular complexity index is 798. The molecule has 0 aromatic rings. The van der Waals surface area contributed by atoms with Crippen LogP contribution in [0.3, 0.4) is 0 Å². The molecule has 5 nitrogen and oxygen atoms in total. The van der Waals surface area contributed by atoms with Gasteiger partial charge in [-0.15, -0.1) is 0 Å². The van der Waals surface area contributed by atoms with E-state index in [1.54, 1.807) is 0 Å². The van der Waals surface area contributed by atoms with Crippen LogP contribution >= 0.6 is 0 Å². The minimum atomic E-state index is -1.88. The Morgan fingerprint density at radius 3 is 2.74 bits per heavy atom. The SMILES string of the molecule is C[C@]12CCC(=NCOC3CCNC3)CC1CCC1C2C(=O)C(F)[C@]2(C)C(=O)C(F)CC12. The topological polar surface area (TPSA) is 67.8 Å². The van der Waals surface area contributed by atoms with E-state index in [9.17, 15) is 14.0 Å². The molecule has 4 aliphatic carbocycles. The molecule has 0 spiro atoms. The Balaban J connectivity index is 1.33. The van der Waals surface area contributed by atoms with Crippen LogP contribution in [0.5, 0.6) is 0 Å². The monoisotopic (exact) mass is 436 g/mol. The highest BCUT2D eigenvalue weighted by molar-refractivity contribution is 6.00. The normalized spacial score (nSPS) is 51.0. The molecule has 0 amide bonds. The summed E-state index contributed by atoms with van der Waals surface area (Å²) < 4.78 is 35.7. The van der Waals surface area contributed by atoms with Crippen molar-refractivity contribution >= 4 is 17.3 Å². The van der Waals surface area contributed by atoms with Crippen LogP contribution in [0.4, 0.5) is 8.78 Å². The van der Waals surface area contributed by atoms with Crippen LogP contribution in [0, 0.1) is 34.5 Å². The minimum absolute atomic E-state index is 0.0744. The van der Waals surface area contributed by atoms with Crippen molar-refractivity contribution in [3.63, 3.8) is 0 Å². The number of Topliss-reactive ketones (excluding diaryl/α,β-unsaturated/α-hetero) is 2. The second-order valence-electron chi connectivity index (χ2n) is 11.0. The maximum Gasteiger partial charge on any atom is 0.176 e. The number of nitrogens with one attached hydrogen (secondary N) is 1. The number of rotatable bonds is 3. The number of hydrogen-bond donors (Lipinski definition) is 1. The highest BCUT2D eigenvalue weighted by Crippen LogP contribution is 2.64. The van der Waals surface area contributed by atoms with Crippen molar-refractivity contribution in [3.05, 3.63) is 0 Å². The van der Waals surface area contributed by atoms with Crippen LogP contribution in [0.25, 0.3) is 0 Å². The lowest BCUT2D eigenvalue weighted by atomic mass is 9.44. The fourth-order valence-electron chi connectivity index (χ4n) is 7.73. The molecule has 4 saturated carbocycles. The second kappa shape index (κ2) is 7.68. The van der Waals surface area contributed by atoms with E-state index in [0.717, 1.165) is 57.3 Å². The predicted octanol–water partition coefficient (Wildman–Crippen LogP) is 3.45. The maximum absolute atomic E-state index is 15.4. The van der Waals surface area contributed by atoms with Crippen molar-refractivity contribution in [1.29, 1.82) is 0 Å². The Hall–Kier alpha value is -1.21. The summed E-state index contributed by atoms with van der Waals surface area (Å²) in [5.41, 5.74) is -0.649. The lowest BCUT2D eigenvalue weighted by Gasteiger charge is -2.59. The van der Waals surface area contributed by atoms with Gasteiger partial charge in [0.15, 0.2) is 23.9 Å². The molecule has 1 N–H and O–H groups in total. The predicted molar refractivity (Wildman–Crippen MR) is 112 cm³/mol. The second-order valence-corrected chi connectivity index (χ2v) is 11.0. The molecule has 1 heterocycles. The Morgan fingerprint density at radius 1 is 1.19 bits per heavy atom. The van der Waals surface area contributed by atoms with Gasteiger partial charge in [-0.2, -0.15) is 0 Å². The van der Waals surface area contributed by atoms with Gasteiger partial charge in [0, 0.05) is 18.2 Å². The van der Waals surface area contributed by atoms with Gasteiger partial charge in [0.05, 0.1) is 11.5 Å². The number of fused-ring (bicyclic) bond motifs is 5. The summed E-state index contributed by atoms with van der Waals surface area (Å²) in [5, 5.41) is 3.28. The highest BCUT2D eigenvalue weighted by Gasteiger charge is 2.69. The van der Waals surface area contributed by atoms with E-state index < -0.39 is 35.2 Å². The Labute approximate surface area is 182 Å². The molecular weight excluding hydrogens is 402 g/mol. The molecule has 9 atom stereocenters. The average Bonchev–Trinajstić information content (AvgIpc) is 3.34. The van der Waals surface area contributed by atoms with Gasteiger partial charge in [-0.05, 0) is 81.6 Å². The first-order valence-electron chi connectivity index (χ1n) is 12.0. The standard InChI is InChI=1S/C24H34F2N2O3/c1-23-7-5-14(28-12-31-15-6-8-27-11-15)9-13(23)3-4-16-17-10-18(25)22(30)24(17,2)21(26)20(29)19(16)23/h13,15-19,21,27H,3-12H2,1-2H3/t13?,15?,16?,17?,18?,19?,21?,23-,24+/m0/s1. The maximum atomic E-state index is 15.4. The first kappa shape index (κ1) is 21.6. The average molecular weight is 437 g/mol. The third-order valence-corrected chi connectivity index (χ3v) is 9.61. The quantitative estimate of drug-likeness (QED) is 0.736. The van der Waals surface area contributed by atoms with E-state index in [-0.39, 0.29) is 35.7 Å². The first-order valence-corrected chi connectivity index (χ1v) is 12.0. The molecule has 0 aromatic carbocycles. The van der Waals surface area contributed by atoms with Crippen LogP contribution in [0.1, 0.15) is 58.8 Å². The van der Waals surface area contributed by atoms with E-state index >= 15 is 4.39 Å². The fraction of sp³-hybridized carbons (Fsp3) is 0.875. The number of nitrogens with zero attached hydrogens (tertiary/aromatic N) is 1. The van der Waals surface area contributed by atoms with Crippen LogP contribution in [-0.4, -0.2) is 55.5 Å². The van der Waals surface area contributed by atoms with Crippen molar-refractivity contribution in [3.8, 4) is 0 Å². The number of carbonyl (C=O) groups excluding carboxylic acids is 2. The zero-order valence-electron chi connectivity index (χ0n) is 18.5. The number of carbonyl (C=O) groups is 2.